The molecular weight excluding hydrogens is 182 g/mol. The Morgan fingerprint density at radius 2 is 2.21 bits per heavy atom. The largest absolute Gasteiger partial charge is 0.495 e. The molecule has 0 bridgehead atoms. The van der Waals surface area contributed by atoms with Crippen LogP contribution in [0.5, 0.6) is 5.75 Å². The number of methoxy groups -OCH3 is 2. The van der Waals surface area contributed by atoms with E-state index in [1.807, 2.05) is 0 Å². The minimum absolute atomic E-state index is 0.400. The molecule has 74 valence electrons. The number of carbonyl (C=O) groups excluding carboxylic acids is 1. The minimum Gasteiger partial charge on any atom is -0.495 e. The first kappa shape index (κ1) is 10.2. The Morgan fingerprint density at radius 1 is 1.43 bits per heavy atom. The van der Waals surface area contributed by atoms with E-state index in [9.17, 15) is 4.79 Å². The third-order valence-electron chi connectivity index (χ3n) is 1.59. The molecule has 0 unspecified atom stereocenters. The van der Waals surface area contributed by atoms with E-state index in [0.717, 1.165) is 0 Å². The van der Waals surface area contributed by atoms with Gasteiger partial charge in [0, 0.05) is 6.08 Å². The van der Waals surface area contributed by atoms with E-state index in [1.165, 1.54) is 13.2 Å². The van der Waals surface area contributed by atoms with Crippen molar-refractivity contribution in [3.63, 3.8) is 0 Å². The number of rotatable bonds is 3. The second-order valence-electron chi connectivity index (χ2n) is 2.48. The summed E-state index contributed by atoms with van der Waals surface area (Å²) < 4.78 is 9.38. The van der Waals surface area contributed by atoms with Crippen LogP contribution in [-0.2, 0) is 9.53 Å². The van der Waals surface area contributed by atoms with Gasteiger partial charge in [0.05, 0.1) is 26.1 Å². The van der Waals surface area contributed by atoms with Gasteiger partial charge in [-0.3, -0.25) is 4.98 Å². The van der Waals surface area contributed by atoms with Crippen LogP contribution in [0.1, 0.15) is 5.69 Å². The lowest BCUT2D eigenvalue weighted by atomic mass is 10.3. The Morgan fingerprint density at radius 3 is 2.71 bits per heavy atom. The highest BCUT2D eigenvalue weighted by Gasteiger charge is 1.94. The lowest BCUT2D eigenvalue weighted by molar-refractivity contribution is -0.134. The summed E-state index contributed by atoms with van der Waals surface area (Å²) in [6.07, 6.45) is 4.47. The first-order valence-corrected chi connectivity index (χ1v) is 4.02. The summed E-state index contributed by atoms with van der Waals surface area (Å²) in [5, 5.41) is 0. The molecule has 0 atom stereocenters. The van der Waals surface area contributed by atoms with Crippen molar-refractivity contribution in [1.82, 2.24) is 4.98 Å². The maximum atomic E-state index is 10.7. The third-order valence-corrected chi connectivity index (χ3v) is 1.59. The molecule has 1 aromatic rings. The molecule has 0 radical (unpaired) electrons. The van der Waals surface area contributed by atoms with Gasteiger partial charge in [0.1, 0.15) is 5.75 Å². The predicted octanol–water partition coefficient (Wildman–Crippen LogP) is 1.28. The van der Waals surface area contributed by atoms with Crippen LogP contribution >= 0.6 is 0 Å². The van der Waals surface area contributed by atoms with Gasteiger partial charge in [0.15, 0.2) is 0 Å². The lowest BCUT2D eigenvalue weighted by Gasteiger charge is -1.97. The van der Waals surface area contributed by atoms with Gasteiger partial charge < -0.3 is 9.47 Å². The van der Waals surface area contributed by atoms with Crippen LogP contribution in [-0.4, -0.2) is 25.2 Å². The van der Waals surface area contributed by atoms with Crippen LogP contribution < -0.4 is 4.74 Å². The van der Waals surface area contributed by atoms with Crippen LogP contribution in [0.2, 0.25) is 0 Å². The highest BCUT2D eigenvalue weighted by molar-refractivity contribution is 5.86. The zero-order valence-corrected chi connectivity index (χ0v) is 8.06. The Labute approximate surface area is 82.2 Å². The Balaban J connectivity index is 2.68. The zero-order chi connectivity index (χ0) is 10.4. The Bertz CT molecular complexity index is 330. The number of nitrogens with zero attached hydrogens (tertiary/aromatic N) is 1. The summed E-state index contributed by atoms with van der Waals surface area (Å²) in [6, 6.07) is 3.52. The molecule has 4 heteroatoms. The van der Waals surface area contributed by atoms with E-state index in [-0.39, 0.29) is 0 Å². The molecule has 0 aliphatic rings. The molecule has 0 amide bonds. The van der Waals surface area contributed by atoms with E-state index >= 15 is 0 Å². The summed E-state index contributed by atoms with van der Waals surface area (Å²) in [4.78, 5) is 14.8. The molecule has 0 aliphatic carbocycles. The fourth-order valence-electron chi connectivity index (χ4n) is 0.833. The fraction of sp³-hybridized carbons (Fsp3) is 0.200. The minimum atomic E-state index is -0.400. The average Bonchev–Trinajstić information content (AvgIpc) is 2.26. The molecule has 14 heavy (non-hydrogen) atoms. The fourth-order valence-corrected chi connectivity index (χ4v) is 0.833. The van der Waals surface area contributed by atoms with Crippen LogP contribution in [0.4, 0.5) is 0 Å². The molecule has 0 spiro atoms. The van der Waals surface area contributed by atoms with E-state index in [4.69, 9.17) is 4.74 Å². The Hall–Kier alpha value is -1.84. The predicted molar refractivity (Wildman–Crippen MR) is 51.8 cm³/mol. The molecule has 0 saturated heterocycles. The molecule has 0 saturated carbocycles. The zero-order valence-electron chi connectivity index (χ0n) is 8.06. The smallest absolute Gasteiger partial charge is 0.330 e. The summed E-state index contributed by atoms with van der Waals surface area (Å²) >= 11 is 0. The second kappa shape index (κ2) is 5.01. The van der Waals surface area contributed by atoms with Crippen molar-refractivity contribution in [2.75, 3.05) is 14.2 Å². The first-order chi connectivity index (χ1) is 6.76. The number of ether oxygens (including phenoxy) is 2. The first-order valence-electron chi connectivity index (χ1n) is 4.02. The number of carbonyl (C=O) groups is 1. The molecule has 0 aromatic carbocycles. The highest BCUT2D eigenvalue weighted by atomic mass is 16.5. The lowest BCUT2D eigenvalue weighted by Crippen LogP contribution is -1.93. The van der Waals surface area contributed by atoms with Gasteiger partial charge in [0.25, 0.3) is 0 Å². The standard InChI is InChI=1S/C10H11NO3/c1-13-9-5-3-8(11-7-9)4-6-10(12)14-2/h3-7H,1-2H3/b6-4+. The van der Waals surface area contributed by atoms with Crippen molar-refractivity contribution >= 4 is 12.0 Å². The normalized spacial score (nSPS) is 10.1. The van der Waals surface area contributed by atoms with Crippen molar-refractivity contribution in [3.05, 3.63) is 30.1 Å². The molecular formula is C10H11NO3. The monoisotopic (exact) mass is 193 g/mol. The number of esters is 1. The summed E-state index contributed by atoms with van der Waals surface area (Å²) in [5.74, 6) is 0.280. The van der Waals surface area contributed by atoms with Crippen molar-refractivity contribution in [2.24, 2.45) is 0 Å². The van der Waals surface area contributed by atoms with Gasteiger partial charge >= 0.3 is 5.97 Å². The summed E-state index contributed by atoms with van der Waals surface area (Å²) in [5.41, 5.74) is 0.677. The average molecular weight is 193 g/mol. The molecule has 1 rings (SSSR count). The number of pyridine rings is 1. The van der Waals surface area contributed by atoms with Crippen molar-refractivity contribution < 1.29 is 14.3 Å². The highest BCUT2D eigenvalue weighted by Crippen LogP contribution is 2.08. The van der Waals surface area contributed by atoms with Crippen molar-refractivity contribution in [2.45, 2.75) is 0 Å². The number of hydrogen-bond donors (Lipinski definition) is 0. The van der Waals surface area contributed by atoms with Gasteiger partial charge in [0.2, 0.25) is 0 Å². The van der Waals surface area contributed by atoms with Crippen LogP contribution in [0.3, 0.4) is 0 Å². The molecule has 4 nitrogen and oxygen atoms in total. The number of aromatic nitrogens is 1. The molecule has 0 fully saturated rings. The SMILES string of the molecule is COC(=O)/C=C/c1ccc(OC)cn1. The van der Waals surface area contributed by atoms with Gasteiger partial charge in [-0.15, -0.1) is 0 Å². The quantitative estimate of drug-likeness (QED) is 0.536. The van der Waals surface area contributed by atoms with Crippen molar-refractivity contribution in [3.8, 4) is 5.75 Å². The Kier molecular flexibility index (Phi) is 3.67. The molecule has 1 aromatic heterocycles. The maximum absolute atomic E-state index is 10.7. The van der Waals surface area contributed by atoms with E-state index in [0.29, 0.717) is 11.4 Å². The summed E-state index contributed by atoms with van der Waals surface area (Å²) in [7, 11) is 2.90. The van der Waals surface area contributed by atoms with Gasteiger partial charge in [-0.2, -0.15) is 0 Å². The number of hydrogen-bond acceptors (Lipinski definition) is 4. The molecule has 1 heterocycles. The summed E-state index contributed by atoms with van der Waals surface area (Å²) in [6.45, 7) is 0. The van der Waals surface area contributed by atoms with Gasteiger partial charge in [-0.05, 0) is 18.2 Å². The van der Waals surface area contributed by atoms with Gasteiger partial charge in [-0.1, -0.05) is 0 Å². The van der Waals surface area contributed by atoms with Crippen LogP contribution in [0, 0.1) is 0 Å². The second-order valence-corrected chi connectivity index (χ2v) is 2.48. The van der Waals surface area contributed by atoms with Gasteiger partial charge in [-0.25, -0.2) is 4.79 Å². The van der Waals surface area contributed by atoms with E-state index < -0.39 is 5.97 Å². The van der Waals surface area contributed by atoms with E-state index in [2.05, 4.69) is 9.72 Å². The molecule has 0 N–H and O–H groups in total. The van der Waals surface area contributed by atoms with Crippen molar-refractivity contribution in [1.29, 1.82) is 0 Å². The van der Waals surface area contributed by atoms with E-state index in [1.54, 1.807) is 31.5 Å². The molecule has 0 aliphatic heterocycles. The third kappa shape index (κ3) is 2.90. The topological polar surface area (TPSA) is 48.4 Å². The maximum Gasteiger partial charge on any atom is 0.330 e. The van der Waals surface area contributed by atoms with Crippen LogP contribution in [0.25, 0.3) is 6.08 Å². The van der Waals surface area contributed by atoms with Crippen LogP contribution in [0.15, 0.2) is 24.4 Å².